The van der Waals surface area contributed by atoms with Crippen LogP contribution in [0.5, 0.6) is 11.5 Å². The molecule has 9 heteroatoms. The Labute approximate surface area is 174 Å². The van der Waals surface area contributed by atoms with E-state index in [2.05, 4.69) is 16.9 Å². The highest BCUT2D eigenvalue weighted by Crippen LogP contribution is 2.24. The molecule has 30 heavy (non-hydrogen) atoms. The molecule has 0 spiro atoms. The van der Waals surface area contributed by atoms with E-state index in [4.69, 9.17) is 20.9 Å². The summed E-state index contributed by atoms with van der Waals surface area (Å²) in [5, 5.41) is 4.42. The van der Waals surface area contributed by atoms with Gasteiger partial charge in [-0.05, 0) is 30.4 Å². The standard InChI is InChI=1S/C21H25N5O4/c1-13(27)25-7-6-15(11-25)12-26-20(22)19(21(23)28)18(24-26)5-4-14-8-16(29-2)10-17(9-14)30-3/h8-10,15H,6-7,11-12,22H2,1-3H3,(H2,23,28). The number of ether oxygens (including phenoxy) is 2. The molecule has 0 saturated carbocycles. The molecule has 2 aromatic rings. The fraction of sp³-hybridized carbons (Fsp3) is 0.381. The molecule has 4 N–H and O–H groups in total. The zero-order valence-corrected chi connectivity index (χ0v) is 17.3. The van der Waals surface area contributed by atoms with Crippen molar-refractivity contribution in [3.05, 3.63) is 35.0 Å². The summed E-state index contributed by atoms with van der Waals surface area (Å²) in [6.07, 6.45) is 0.843. The van der Waals surface area contributed by atoms with Crippen molar-refractivity contribution in [2.75, 3.05) is 33.0 Å². The molecule has 1 aliphatic heterocycles. The Morgan fingerprint density at radius 3 is 2.40 bits per heavy atom. The average molecular weight is 411 g/mol. The second-order valence-electron chi connectivity index (χ2n) is 7.13. The first-order chi connectivity index (χ1) is 14.3. The zero-order chi connectivity index (χ0) is 21.8. The number of rotatable bonds is 5. The Hall–Kier alpha value is -3.67. The third-order valence-corrected chi connectivity index (χ3v) is 5.08. The van der Waals surface area contributed by atoms with Gasteiger partial charge < -0.3 is 25.8 Å². The summed E-state index contributed by atoms with van der Waals surface area (Å²) in [7, 11) is 3.10. The first-order valence-electron chi connectivity index (χ1n) is 9.49. The number of nitrogens with two attached hydrogens (primary N) is 2. The first kappa shape index (κ1) is 21.0. The van der Waals surface area contributed by atoms with E-state index < -0.39 is 5.91 Å². The van der Waals surface area contributed by atoms with Gasteiger partial charge in [-0.2, -0.15) is 5.10 Å². The molecular formula is C21H25N5O4. The summed E-state index contributed by atoms with van der Waals surface area (Å²) in [6, 6.07) is 5.22. The van der Waals surface area contributed by atoms with Gasteiger partial charge in [0.25, 0.3) is 5.91 Å². The van der Waals surface area contributed by atoms with Crippen LogP contribution in [0.25, 0.3) is 0 Å². The Balaban J connectivity index is 1.90. The van der Waals surface area contributed by atoms with Crippen LogP contribution in [0.4, 0.5) is 5.82 Å². The highest BCUT2D eigenvalue weighted by molar-refractivity contribution is 5.99. The van der Waals surface area contributed by atoms with Crippen LogP contribution in [0.2, 0.25) is 0 Å². The number of benzene rings is 1. The van der Waals surface area contributed by atoms with Gasteiger partial charge in [0.2, 0.25) is 5.91 Å². The van der Waals surface area contributed by atoms with E-state index in [1.165, 1.54) is 0 Å². The van der Waals surface area contributed by atoms with Gasteiger partial charge in [-0.25, -0.2) is 4.68 Å². The van der Waals surface area contributed by atoms with Crippen LogP contribution < -0.4 is 20.9 Å². The molecule has 0 radical (unpaired) electrons. The summed E-state index contributed by atoms with van der Waals surface area (Å²) in [5.41, 5.74) is 12.6. The third kappa shape index (κ3) is 4.49. The SMILES string of the molecule is COc1cc(C#Cc2nn(CC3CCN(C(C)=O)C3)c(N)c2C(N)=O)cc(OC)c1. The number of nitrogens with zero attached hydrogens (tertiary/aromatic N) is 3. The maximum atomic E-state index is 12.0. The molecule has 1 aliphatic rings. The number of hydrogen-bond acceptors (Lipinski definition) is 6. The molecule has 2 heterocycles. The van der Waals surface area contributed by atoms with Crippen molar-refractivity contribution >= 4 is 17.6 Å². The Kier molecular flexibility index (Phi) is 6.16. The number of aromatic nitrogens is 2. The van der Waals surface area contributed by atoms with Crippen molar-refractivity contribution in [1.82, 2.24) is 14.7 Å². The summed E-state index contributed by atoms with van der Waals surface area (Å²) < 4.78 is 12.0. The van der Waals surface area contributed by atoms with E-state index in [9.17, 15) is 9.59 Å². The van der Waals surface area contributed by atoms with Crippen LogP contribution in [0.3, 0.4) is 0 Å². The van der Waals surface area contributed by atoms with Gasteiger partial charge >= 0.3 is 0 Å². The second-order valence-corrected chi connectivity index (χ2v) is 7.13. The molecule has 1 saturated heterocycles. The lowest BCUT2D eigenvalue weighted by atomic mass is 10.1. The van der Waals surface area contributed by atoms with Gasteiger partial charge in [0, 0.05) is 38.2 Å². The van der Waals surface area contributed by atoms with Gasteiger partial charge in [-0.1, -0.05) is 5.92 Å². The Bertz CT molecular complexity index is 1010. The van der Waals surface area contributed by atoms with Crippen molar-refractivity contribution in [3.8, 4) is 23.3 Å². The van der Waals surface area contributed by atoms with Crippen LogP contribution in [-0.4, -0.2) is 53.8 Å². The maximum absolute atomic E-state index is 12.0. The number of primary amides is 1. The molecule has 1 fully saturated rings. The van der Waals surface area contributed by atoms with Crippen molar-refractivity contribution in [2.24, 2.45) is 11.7 Å². The van der Waals surface area contributed by atoms with E-state index in [0.29, 0.717) is 36.7 Å². The third-order valence-electron chi connectivity index (χ3n) is 5.08. The topological polar surface area (TPSA) is 126 Å². The highest BCUT2D eigenvalue weighted by atomic mass is 16.5. The molecule has 2 amide bonds. The number of anilines is 1. The zero-order valence-electron chi connectivity index (χ0n) is 17.3. The fourth-order valence-corrected chi connectivity index (χ4v) is 3.47. The molecule has 0 bridgehead atoms. The lowest BCUT2D eigenvalue weighted by molar-refractivity contribution is -0.127. The molecule has 1 aromatic carbocycles. The normalized spacial score (nSPS) is 15.4. The minimum atomic E-state index is -0.692. The van der Waals surface area contributed by atoms with Crippen molar-refractivity contribution in [2.45, 2.75) is 19.9 Å². The number of methoxy groups -OCH3 is 2. The van der Waals surface area contributed by atoms with Crippen LogP contribution in [-0.2, 0) is 11.3 Å². The number of hydrogen-bond donors (Lipinski definition) is 2. The Morgan fingerprint density at radius 1 is 1.20 bits per heavy atom. The van der Waals surface area contributed by atoms with Crippen LogP contribution >= 0.6 is 0 Å². The van der Waals surface area contributed by atoms with E-state index in [1.807, 2.05) is 0 Å². The highest BCUT2D eigenvalue weighted by Gasteiger charge is 2.27. The predicted octanol–water partition coefficient (Wildman–Crippen LogP) is 0.850. The summed E-state index contributed by atoms with van der Waals surface area (Å²) in [4.78, 5) is 25.3. The first-order valence-corrected chi connectivity index (χ1v) is 9.49. The lowest BCUT2D eigenvalue weighted by Gasteiger charge is -2.14. The summed E-state index contributed by atoms with van der Waals surface area (Å²) in [5.74, 6) is 6.76. The van der Waals surface area contributed by atoms with Gasteiger partial charge in [0.15, 0.2) is 5.69 Å². The van der Waals surface area contributed by atoms with Gasteiger partial charge in [0.1, 0.15) is 22.9 Å². The molecule has 1 atom stereocenters. The smallest absolute Gasteiger partial charge is 0.255 e. The van der Waals surface area contributed by atoms with E-state index in [-0.39, 0.29) is 28.9 Å². The Morgan fingerprint density at radius 2 is 1.87 bits per heavy atom. The van der Waals surface area contributed by atoms with Crippen molar-refractivity contribution < 1.29 is 19.1 Å². The largest absolute Gasteiger partial charge is 0.497 e. The van der Waals surface area contributed by atoms with Gasteiger partial charge in [0.05, 0.1) is 14.2 Å². The van der Waals surface area contributed by atoms with Crippen molar-refractivity contribution in [3.63, 3.8) is 0 Å². The monoisotopic (exact) mass is 411 g/mol. The minimum Gasteiger partial charge on any atom is -0.497 e. The van der Waals surface area contributed by atoms with E-state index >= 15 is 0 Å². The average Bonchev–Trinajstić information content (AvgIpc) is 3.31. The molecule has 158 valence electrons. The van der Waals surface area contributed by atoms with Crippen LogP contribution in [0, 0.1) is 17.8 Å². The maximum Gasteiger partial charge on any atom is 0.255 e. The van der Waals surface area contributed by atoms with Crippen LogP contribution in [0.15, 0.2) is 18.2 Å². The fourth-order valence-electron chi connectivity index (χ4n) is 3.47. The lowest BCUT2D eigenvalue weighted by Crippen LogP contribution is -2.26. The van der Waals surface area contributed by atoms with E-state index in [0.717, 1.165) is 6.42 Å². The molecular weight excluding hydrogens is 386 g/mol. The molecule has 1 unspecified atom stereocenters. The summed E-state index contributed by atoms with van der Waals surface area (Å²) in [6.45, 7) is 3.36. The number of likely N-dealkylation sites (tertiary alicyclic amines) is 1. The molecule has 0 aliphatic carbocycles. The predicted molar refractivity (Wildman–Crippen MR) is 111 cm³/mol. The van der Waals surface area contributed by atoms with Gasteiger partial charge in [-0.15, -0.1) is 0 Å². The van der Waals surface area contributed by atoms with Crippen molar-refractivity contribution in [1.29, 1.82) is 0 Å². The number of amides is 2. The molecule has 3 rings (SSSR count). The van der Waals surface area contributed by atoms with Crippen LogP contribution in [0.1, 0.15) is 35.0 Å². The minimum absolute atomic E-state index is 0.0454. The number of nitrogen functional groups attached to an aromatic ring is 1. The van der Waals surface area contributed by atoms with E-state index in [1.54, 1.807) is 48.9 Å². The number of carbonyl (C=O) groups excluding carboxylic acids is 2. The quantitative estimate of drug-likeness (QED) is 0.703. The second kappa shape index (κ2) is 8.78. The number of carbonyl (C=O) groups is 2. The van der Waals surface area contributed by atoms with Gasteiger partial charge in [-0.3, -0.25) is 9.59 Å². The molecule has 1 aromatic heterocycles. The molecule has 9 nitrogen and oxygen atoms in total. The summed E-state index contributed by atoms with van der Waals surface area (Å²) >= 11 is 0.